The van der Waals surface area contributed by atoms with Crippen LogP contribution in [0.15, 0.2) is 40.9 Å². The molecular weight excluding hydrogens is 314 g/mol. The summed E-state index contributed by atoms with van der Waals surface area (Å²) in [6, 6.07) is 8.49. The highest BCUT2D eigenvalue weighted by atomic mass is 79.9. The van der Waals surface area contributed by atoms with E-state index in [0.29, 0.717) is 5.56 Å². The molecule has 1 unspecified atom stereocenters. The first-order chi connectivity index (χ1) is 9.06. The van der Waals surface area contributed by atoms with E-state index in [1.165, 1.54) is 18.2 Å². The molecule has 0 saturated heterocycles. The van der Waals surface area contributed by atoms with E-state index in [0.717, 1.165) is 10.0 Å². The molecule has 5 heteroatoms. The number of nitrogens with two attached hydrogens (primary N) is 1. The van der Waals surface area contributed by atoms with Gasteiger partial charge in [0.05, 0.1) is 6.04 Å². The number of aryl methyl sites for hydroxylation is 1. The van der Waals surface area contributed by atoms with Gasteiger partial charge in [0.1, 0.15) is 11.6 Å². The molecule has 0 aliphatic rings. The quantitative estimate of drug-likeness (QED) is 0.668. The van der Waals surface area contributed by atoms with Gasteiger partial charge in [-0.2, -0.15) is 0 Å². The Hall–Kier alpha value is -1.30. The van der Waals surface area contributed by atoms with Crippen molar-refractivity contribution in [2.45, 2.75) is 13.0 Å². The lowest BCUT2D eigenvalue weighted by atomic mass is 9.97. The third kappa shape index (κ3) is 2.68. The molecule has 3 N–H and O–H groups in total. The first kappa shape index (κ1) is 14.1. The summed E-state index contributed by atoms with van der Waals surface area (Å²) >= 11 is 3.43. The van der Waals surface area contributed by atoms with Crippen LogP contribution in [-0.4, -0.2) is 0 Å². The molecule has 0 amide bonds. The Bertz CT molecular complexity index is 582. The van der Waals surface area contributed by atoms with E-state index >= 15 is 0 Å². The minimum Gasteiger partial charge on any atom is -0.271 e. The lowest BCUT2D eigenvalue weighted by molar-refractivity contribution is 0.510. The molecule has 1 atom stereocenters. The van der Waals surface area contributed by atoms with Gasteiger partial charge in [-0.25, -0.2) is 14.2 Å². The van der Waals surface area contributed by atoms with Crippen LogP contribution in [0.3, 0.4) is 0 Å². The Labute approximate surface area is 118 Å². The minimum absolute atomic E-state index is 0.0868. The Morgan fingerprint density at radius 2 is 1.68 bits per heavy atom. The van der Waals surface area contributed by atoms with Crippen LogP contribution in [0.1, 0.15) is 22.7 Å². The highest BCUT2D eigenvalue weighted by Gasteiger charge is 2.22. The number of hydrogen-bond acceptors (Lipinski definition) is 2. The number of halogens is 3. The molecule has 2 aromatic carbocycles. The molecule has 0 aliphatic carbocycles. The highest BCUT2D eigenvalue weighted by Crippen LogP contribution is 2.32. The van der Waals surface area contributed by atoms with Crippen LogP contribution in [0.4, 0.5) is 8.78 Å². The van der Waals surface area contributed by atoms with Crippen molar-refractivity contribution in [1.82, 2.24) is 5.43 Å². The molecular formula is C14H13BrF2N2. The number of nitrogens with one attached hydrogen (secondary N) is 1. The van der Waals surface area contributed by atoms with E-state index in [1.807, 2.05) is 19.1 Å². The van der Waals surface area contributed by atoms with Gasteiger partial charge < -0.3 is 0 Å². The number of benzene rings is 2. The van der Waals surface area contributed by atoms with Gasteiger partial charge in [0.15, 0.2) is 0 Å². The standard InChI is InChI=1S/C14H13BrF2N2/c1-8-4-2-5-9(13(8)15)14(19-18)12-10(16)6-3-7-11(12)17/h2-7,14,19H,18H2,1H3. The average Bonchev–Trinajstić information content (AvgIpc) is 2.38. The molecule has 0 bridgehead atoms. The highest BCUT2D eigenvalue weighted by molar-refractivity contribution is 9.10. The fourth-order valence-corrected chi connectivity index (χ4v) is 2.50. The molecule has 2 rings (SSSR count). The van der Waals surface area contributed by atoms with Crippen molar-refractivity contribution in [3.8, 4) is 0 Å². The van der Waals surface area contributed by atoms with Gasteiger partial charge in [-0.3, -0.25) is 5.84 Å². The van der Waals surface area contributed by atoms with Crippen molar-refractivity contribution in [3.05, 3.63) is 69.2 Å². The zero-order chi connectivity index (χ0) is 14.0. The largest absolute Gasteiger partial charge is 0.271 e. The molecule has 0 saturated carbocycles. The fraction of sp³-hybridized carbons (Fsp3) is 0.143. The third-order valence-electron chi connectivity index (χ3n) is 2.99. The van der Waals surface area contributed by atoms with Gasteiger partial charge >= 0.3 is 0 Å². The summed E-state index contributed by atoms with van der Waals surface area (Å²) in [6.07, 6.45) is 0. The Balaban J connectivity index is 2.60. The summed E-state index contributed by atoms with van der Waals surface area (Å²) in [5, 5.41) is 0. The fourth-order valence-electron chi connectivity index (χ4n) is 2.01. The molecule has 0 heterocycles. The summed E-state index contributed by atoms with van der Waals surface area (Å²) in [4.78, 5) is 0. The van der Waals surface area contributed by atoms with E-state index in [4.69, 9.17) is 5.84 Å². The van der Waals surface area contributed by atoms with Crippen molar-refractivity contribution in [2.24, 2.45) is 5.84 Å². The summed E-state index contributed by atoms with van der Waals surface area (Å²) in [6.45, 7) is 1.90. The summed E-state index contributed by atoms with van der Waals surface area (Å²) in [5.41, 5.74) is 4.04. The van der Waals surface area contributed by atoms with Gasteiger partial charge in [-0.1, -0.05) is 40.2 Å². The van der Waals surface area contributed by atoms with Gasteiger partial charge in [-0.15, -0.1) is 0 Å². The average molecular weight is 327 g/mol. The number of hydrogen-bond donors (Lipinski definition) is 2. The first-order valence-corrected chi connectivity index (χ1v) is 6.50. The van der Waals surface area contributed by atoms with Crippen molar-refractivity contribution in [3.63, 3.8) is 0 Å². The molecule has 2 nitrogen and oxygen atoms in total. The van der Waals surface area contributed by atoms with E-state index < -0.39 is 17.7 Å². The first-order valence-electron chi connectivity index (χ1n) is 5.71. The SMILES string of the molecule is Cc1cccc(C(NN)c2c(F)cccc2F)c1Br. The molecule has 2 aromatic rings. The zero-order valence-electron chi connectivity index (χ0n) is 10.3. The van der Waals surface area contributed by atoms with E-state index in [2.05, 4.69) is 21.4 Å². The van der Waals surface area contributed by atoms with Gasteiger partial charge in [0, 0.05) is 10.0 Å². The predicted molar refractivity (Wildman–Crippen MR) is 74.4 cm³/mol. The molecule has 0 fully saturated rings. The van der Waals surface area contributed by atoms with Crippen LogP contribution < -0.4 is 11.3 Å². The molecule has 0 radical (unpaired) electrons. The Kier molecular flexibility index (Phi) is 4.29. The second-order valence-electron chi connectivity index (χ2n) is 4.21. The third-order valence-corrected chi connectivity index (χ3v) is 4.07. The van der Waals surface area contributed by atoms with Crippen LogP contribution in [-0.2, 0) is 0 Å². The van der Waals surface area contributed by atoms with E-state index in [1.54, 1.807) is 6.07 Å². The maximum atomic E-state index is 13.9. The van der Waals surface area contributed by atoms with E-state index in [-0.39, 0.29) is 5.56 Å². The summed E-state index contributed by atoms with van der Waals surface area (Å²) in [5.74, 6) is 4.23. The lowest BCUT2D eigenvalue weighted by Gasteiger charge is -2.20. The van der Waals surface area contributed by atoms with Crippen molar-refractivity contribution < 1.29 is 8.78 Å². The van der Waals surface area contributed by atoms with Crippen LogP contribution in [0, 0.1) is 18.6 Å². The Morgan fingerprint density at radius 3 is 2.26 bits per heavy atom. The van der Waals surface area contributed by atoms with E-state index in [9.17, 15) is 8.78 Å². The summed E-state index contributed by atoms with van der Waals surface area (Å²) in [7, 11) is 0. The molecule has 0 aromatic heterocycles. The number of hydrazine groups is 1. The maximum absolute atomic E-state index is 13.9. The van der Waals surface area contributed by atoms with Gasteiger partial charge in [0.25, 0.3) is 0 Å². The second-order valence-corrected chi connectivity index (χ2v) is 5.01. The minimum atomic E-state index is -0.754. The van der Waals surface area contributed by atoms with Crippen molar-refractivity contribution in [1.29, 1.82) is 0 Å². The normalized spacial score (nSPS) is 12.5. The smallest absolute Gasteiger partial charge is 0.131 e. The maximum Gasteiger partial charge on any atom is 0.131 e. The Morgan fingerprint density at radius 1 is 1.11 bits per heavy atom. The van der Waals surface area contributed by atoms with Crippen molar-refractivity contribution >= 4 is 15.9 Å². The summed E-state index contributed by atoms with van der Waals surface area (Å²) < 4.78 is 28.5. The molecule has 0 spiro atoms. The monoisotopic (exact) mass is 326 g/mol. The molecule has 0 aliphatic heterocycles. The van der Waals surface area contributed by atoms with Crippen LogP contribution >= 0.6 is 15.9 Å². The predicted octanol–water partition coefficient (Wildman–Crippen LogP) is 3.59. The molecule has 100 valence electrons. The van der Waals surface area contributed by atoms with Crippen LogP contribution in [0.2, 0.25) is 0 Å². The topological polar surface area (TPSA) is 38.0 Å². The zero-order valence-corrected chi connectivity index (χ0v) is 11.8. The van der Waals surface area contributed by atoms with Gasteiger partial charge in [0.2, 0.25) is 0 Å². The number of rotatable bonds is 3. The lowest BCUT2D eigenvalue weighted by Crippen LogP contribution is -2.30. The second kappa shape index (κ2) is 5.77. The van der Waals surface area contributed by atoms with Gasteiger partial charge in [-0.05, 0) is 30.2 Å². The van der Waals surface area contributed by atoms with Crippen molar-refractivity contribution in [2.75, 3.05) is 0 Å². The van der Waals surface area contributed by atoms with Crippen LogP contribution in [0.25, 0.3) is 0 Å². The van der Waals surface area contributed by atoms with Crippen LogP contribution in [0.5, 0.6) is 0 Å². The molecule has 19 heavy (non-hydrogen) atoms.